The van der Waals surface area contributed by atoms with Crippen molar-refractivity contribution in [3.05, 3.63) is 88.2 Å². The van der Waals surface area contributed by atoms with Gasteiger partial charge in [-0.3, -0.25) is 4.79 Å². The van der Waals surface area contributed by atoms with Crippen molar-refractivity contribution in [3.63, 3.8) is 0 Å². The molecule has 1 fully saturated rings. The molecule has 0 saturated carbocycles. The van der Waals surface area contributed by atoms with Crippen molar-refractivity contribution >= 4 is 22.6 Å². The Labute approximate surface area is 245 Å². The van der Waals surface area contributed by atoms with Gasteiger partial charge in [-0.05, 0) is 41.5 Å². The number of anilines is 1. The number of methoxy groups -OCH3 is 2. The Kier molecular flexibility index (Phi) is 7.80. The van der Waals surface area contributed by atoms with Gasteiger partial charge in [0, 0.05) is 35.7 Å². The van der Waals surface area contributed by atoms with Gasteiger partial charge in [0.25, 0.3) is 5.91 Å². The molecular weight excluding hydrogens is 565 g/mol. The van der Waals surface area contributed by atoms with E-state index in [4.69, 9.17) is 23.9 Å². The number of amides is 1. The van der Waals surface area contributed by atoms with Crippen LogP contribution in [0.15, 0.2) is 54.7 Å². The van der Waals surface area contributed by atoms with E-state index in [9.17, 15) is 18.0 Å². The fourth-order valence-electron chi connectivity index (χ4n) is 5.45. The highest BCUT2D eigenvalue weighted by atomic mass is 19.4. The predicted octanol–water partition coefficient (Wildman–Crippen LogP) is 5.52. The number of pyridine rings is 2. The molecule has 1 atom stereocenters. The van der Waals surface area contributed by atoms with Crippen LogP contribution < -0.4 is 14.8 Å². The average Bonchev–Trinajstić information content (AvgIpc) is 3.53. The minimum atomic E-state index is -4.44. The Bertz CT molecular complexity index is 1660. The molecule has 1 unspecified atom stereocenters. The third-order valence-corrected chi connectivity index (χ3v) is 7.75. The van der Waals surface area contributed by atoms with E-state index >= 15 is 0 Å². The Hall–Kier alpha value is -4.42. The van der Waals surface area contributed by atoms with E-state index in [-0.39, 0.29) is 24.8 Å². The second-order valence-corrected chi connectivity index (χ2v) is 10.2. The van der Waals surface area contributed by atoms with Gasteiger partial charge in [0.15, 0.2) is 0 Å². The summed E-state index contributed by atoms with van der Waals surface area (Å²) in [5.41, 5.74) is 3.37. The van der Waals surface area contributed by atoms with Crippen LogP contribution in [0.3, 0.4) is 0 Å². The van der Waals surface area contributed by atoms with Gasteiger partial charge in [-0.15, -0.1) is 0 Å². The fraction of sp³-hybridized carbons (Fsp3) is 0.323. The third kappa shape index (κ3) is 5.67. The molecule has 0 radical (unpaired) electrons. The summed E-state index contributed by atoms with van der Waals surface area (Å²) >= 11 is 0. The first-order valence-corrected chi connectivity index (χ1v) is 13.7. The minimum Gasteiger partial charge on any atom is -0.497 e. The lowest BCUT2D eigenvalue weighted by atomic mass is 10.0. The van der Waals surface area contributed by atoms with Crippen molar-refractivity contribution in [3.8, 4) is 11.5 Å². The maximum atomic E-state index is 13.7. The number of carbonyl (C=O) groups is 1. The molecule has 4 aromatic rings. The van der Waals surface area contributed by atoms with E-state index in [2.05, 4.69) is 10.3 Å². The minimum absolute atomic E-state index is 0.170. The smallest absolute Gasteiger partial charge is 0.416 e. The largest absolute Gasteiger partial charge is 0.497 e. The summed E-state index contributed by atoms with van der Waals surface area (Å²) in [6, 6.07) is 11.6. The normalized spacial score (nSPS) is 16.7. The van der Waals surface area contributed by atoms with Gasteiger partial charge in [-0.1, -0.05) is 12.1 Å². The first kappa shape index (κ1) is 28.7. The van der Waals surface area contributed by atoms with E-state index in [1.807, 2.05) is 18.2 Å². The number of benzene rings is 2. The molecule has 224 valence electrons. The van der Waals surface area contributed by atoms with Gasteiger partial charge in [0.2, 0.25) is 0 Å². The number of morpholine rings is 1. The number of aromatic nitrogens is 2. The summed E-state index contributed by atoms with van der Waals surface area (Å²) in [6.45, 7) is 1.94. The molecule has 43 heavy (non-hydrogen) atoms. The molecule has 1 amide bonds. The summed E-state index contributed by atoms with van der Waals surface area (Å²) in [5, 5.41) is 4.15. The highest BCUT2D eigenvalue weighted by Crippen LogP contribution is 2.35. The van der Waals surface area contributed by atoms with Gasteiger partial charge in [0.1, 0.15) is 23.0 Å². The zero-order valence-electron chi connectivity index (χ0n) is 23.5. The van der Waals surface area contributed by atoms with Crippen LogP contribution in [0.1, 0.15) is 44.3 Å². The number of nitrogens with one attached hydrogen (secondary N) is 1. The van der Waals surface area contributed by atoms with Crippen molar-refractivity contribution in [1.29, 1.82) is 0 Å². The zero-order chi connectivity index (χ0) is 30.1. The van der Waals surface area contributed by atoms with Crippen LogP contribution in [0.2, 0.25) is 0 Å². The number of hydrogen-bond donors (Lipinski definition) is 1. The van der Waals surface area contributed by atoms with E-state index in [1.165, 1.54) is 12.1 Å². The second-order valence-electron chi connectivity index (χ2n) is 10.2. The molecule has 1 N–H and O–H groups in total. The molecule has 2 aliphatic heterocycles. The molecule has 4 heterocycles. The standard InChI is InChI=1S/C31H29F3N4O5/c1-40-21-8-5-19(28(11-21)41-2)13-36-29-24-16-43-15-23(24)22-12-25(35-14-26(22)37-29)30(39)38-9-10-42-17-27(38)18-3-6-20(7-4-18)31(32,33)34/h3-8,11-12,14,27H,9-10,13,15-17H2,1-2H3,(H,36,37). The molecule has 12 heteroatoms. The first-order valence-electron chi connectivity index (χ1n) is 13.7. The Balaban J connectivity index is 1.27. The fourth-order valence-corrected chi connectivity index (χ4v) is 5.45. The van der Waals surface area contributed by atoms with Gasteiger partial charge in [0.05, 0.1) is 64.0 Å². The van der Waals surface area contributed by atoms with Crippen LogP contribution in [-0.4, -0.2) is 54.8 Å². The molecule has 0 aliphatic carbocycles. The third-order valence-electron chi connectivity index (χ3n) is 7.75. The zero-order valence-corrected chi connectivity index (χ0v) is 23.5. The van der Waals surface area contributed by atoms with Crippen molar-refractivity contribution in [1.82, 2.24) is 14.9 Å². The number of hydrogen-bond acceptors (Lipinski definition) is 8. The average molecular weight is 595 g/mol. The molecule has 9 nitrogen and oxygen atoms in total. The van der Waals surface area contributed by atoms with E-state index in [1.54, 1.807) is 31.4 Å². The van der Waals surface area contributed by atoms with Crippen molar-refractivity contribution in [2.75, 3.05) is 39.3 Å². The second kappa shape index (κ2) is 11.7. The van der Waals surface area contributed by atoms with Crippen molar-refractivity contribution in [2.45, 2.75) is 32.0 Å². The van der Waals surface area contributed by atoms with Crippen molar-refractivity contribution < 1.29 is 36.9 Å². The maximum absolute atomic E-state index is 13.7. The summed E-state index contributed by atoms with van der Waals surface area (Å²) in [4.78, 5) is 24.6. The number of fused-ring (bicyclic) bond motifs is 3. The van der Waals surface area contributed by atoms with Gasteiger partial charge < -0.3 is 29.2 Å². The quantitative estimate of drug-likeness (QED) is 0.299. The predicted molar refractivity (Wildman–Crippen MR) is 151 cm³/mol. The lowest BCUT2D eigenvalue weighted by molar-refractivity contribution is -0.137. The molecule has 6 rings (SSSR count). The first-order chi connectivity index (χ1) is 20.8. The lowest BCUT2D eigenvalue weighted by Gasteiger charge is -2.35. The van der Waals surface area contributed by atoms with Crippen LogP contribution in [-0.2, 0) is 35.4 Å². The Morgan fingerprint density at radius 1 is 1.05 bits per heavy atom. The van der Waals surface area contributed by atoms with E-state index in [0.717, 1.165) is 34.2 Å². The molecule has 2 aliphatic rings. The van der Waals surface area contributed by atoms with Crippen LogP contribution in [0, 0.1) is 0 Å². The molecule has 2 aromatic heterocycles. The molecule has 2 aromatic carbocycles. The molecular formula is C31H29F3N4O5. The summed E-state index contributed by atoms with van der Waals surface area (Å²) in [7, 11) is 3.20. The van der Waals surface area contributed by atoms with Crippen LogP contribution in [0.4, 0.5) is 19.0 Å². The lowest BCUT2D eigenvalue weighted by Crippen LogP contribution is -2.43. The van der Waals surface area contributed by atoms with E-state index < -0.39 is 17.8 Å². The Morgan fingerprint density at radius 3 is 2.58 bits per heavy atom. The highest BCUT2D eigenvalue weighted by molar-refractivity contribution is 5.97. The SMILES string of the molecule is COc1ccc(CNc2nc3cnc(C(=O)N4CCOCC4c4ccc(C(F)(F)F)cc4)cc3c3c2COC3)c(OC)c1. The summed E-state index contributed by atoms with van der Waals surface area (Å²) in [6.07, 6.45) is -2.88. The van der Waals surface area contributed by atoms with Gasteiger partial charge >= 0.3 is 6.18 Å². The van der Waals surface area contributed by atoms with Gasteiger partial charge in [-0.25, -0.2) is 9.97 Å². The number of halogens is 3. The summed E-state index contributed by atoms with van der Waals surface area (Å²) in [5.74, 6) is 1.70. The van der Waals surface area contributed by atoms with Gasteiger partial charge in [-0.2, -0.15) is 13.2 Å². The summed E-state index contributed by atoms with van der Waals surface area (Å²) < 4.78 is 61.4. The molecule has 0 spiro atoms. The number of rotatable bonds is 7. The molecule has 0 bridgehead atoms. The van der Waals surface area contributed by atoms with E-state index in [0.29, 0.717) is 54.8 Å². The number of alkyl halides is 3. The van der Waals surface area contributed by atoms with Crippen LogP contribution in [0.25, 0.3) is 10.9 Å². The topological polar surface area (TPSA) is 95.0 Å². The Morgan fingerprint density at radius 2 is 1.84 bits per heavy atom. The van der Waals surface area contributed by atoms with Crippen LogP contribution in [0.5, 0.6) is 11.5 Å². The number of nitrogens with zero attached hydrogens (tertiary/aromatic N) is 3. The number of carbonyl (C=O) groups excluding carboxylic acids is 1. The maximum Gasteiger partial charge on any atom is 0.416 e. The number of ether oxygens (including phenoxy) is 4. The van der Waals surface area contributed by atoms with Crippen LogP contribution >= 0.6 is 0 Å². The molecule has 1 saturated heterocycles. The monoisotopic (exact) mass is 594 g/mol. The van der Waals surface area contributed by atoms with Crippen molar-refractivity contribution in [2.24, 2.45) is 0 Å². The highest BCUT2D eigenvalue weighted by Gasteiger charge is 2.33.